The number of carbonyl (C=O) groups is 1. The summed E-state index contributed by atoms with van der Waals surface area (Å²) >= 11 is 0. The fourth-order valence-corrected chi connectivity index (χ4v) is 3.08. The first-order valence-electron chi connectivity index (χ1n) is 6.77. The molecule has 1 aromatic rings. The Labute approximate surface area is 108 Å². The average Bonchev–Trinajstić information content (AvgIpc) is 3.06. The second kappa shape index (κ2) is 4.39. The highest BCUT2D eigenvalue weighted by atomic mass is 16.5. The van der Waals surface area contributed by atoms with Gasteiger partial charge in [0.15, 0.2) is 5.78 Å². The van der Waals surface area contributed by atoms with Crippen molar-refractivity contribution in [2.24, 2.45) is 5.41 Å². The third-order valence-electron chi connectivity index (χ3n) is 4.36. The highest BCUT2D eigenvalue weighted by Gasteiger charge is 2.41. The van der Waals surface area contributed by atoms with E-state index in [4.69, 9.17) is 4.74 Å². The molecule has 1 unspecified atom stereocenters. The Balaban J connectivity index is 2.00. The lowest BCUT2D eigenvalue weighted by Crippen LogP contribution is -2.33. The van der Waals surface area contributed by atoms with Crippen LogP contribution in [0.3, 0.4) is 0 Å². The first-order valence-corrected chi connectivity index (χ1v) is 6.77. The van der Waals surface area contributed by atoms with E-state index in [2.05, 4.69) is 18.3 Å². The molecule has 1 aromatic carbocycles. The molecule has 0 amide bonds. The number of ketones is 1. The molecule has 3 heteroatoms. The van der Waals surface area contributed by atoms with E-state index in [1.54, 1.807) is 0 Å². The summed E-state index contributed by atoms with van der Waals surface area (Å²) in [5, 5.41) is 3.32. The van der Waals surface area contributed by atoms with Gasteiger partial charge in [0.05, 0.1) is 12.2 Å². The maximum atomic E-state index is 12.8. The fourth-order valence-electron chi connectivity index (χ4n) is 3.08. The molecule has 2 aliphatic rings. The lowest BCUT2D eigenvalue weighted by Gasteiger charge is -2.25. The van der Waals surface area contributed by atoms with Gasteiger partial charge in [-0.05, 0) is 31.0 Å². The first-order chi connectivity index (χ1) is 8.77. The van der Waals surface area contributed by atoms with Crippen LogP contribution in [-0.2, 0) is 6.42 Å². The number of Topliss-reactive ketones (excluding diaryl/α,β-unsaturated/α-hetero) is 1. The van der Waals surface area contributed by atoms with E-state index in [1.807, 2.05) is 12.1 Å². The molecule has 1 saturated heterocycles. The lowest BCUT2D eigenvalue weighted by atomic mass is 9.77. The van der Waals surface area contributed by atoms with Gasteiger partial charge in [0.2, 0.25) is 0 Å². The van der Waals surface area contributed by atoms with Gasteiger partial charge in [-0.15, -0.1) is 0 Å². The molecule has 0 bridgehead atoms. The minimum atomic E-state index is -0.221. The van der Waals surface area contributed by atoms with Gasteiger partial charge in [-0.25, -0.2) is 0 Å². The summed E-state index contributed by atoms with van der Waals surface area (Å²) < 4.78 is 5.66. The number of ether oxygens (including phenoxy) is 1. The maximum absolute atomic E-state index is 12.8. The molecule has 3 nitrogen and oxygen atoms in total. The Kier molecular flexibility index (Phi) is 2.86. The molecule has 1 fully saturated rings. The van der Waals surface area contributed by atoms with E-state index < -0.39 is 0 Å². The van der Waals surface area contributed by atoms with Gasteiger partial charge in [0.25, 0.3) is 0 Å². The second-order valence-corrected chi connectivity index (χ2v) is 5.28. The zero-order chi connectivity index (χ0) is 12.6. The predicted octanol–water partition coefficient (Wildman–Crippen LogP) is 2.19. The van der Waals surface area contributed by atoms with E-state index >= 15 is 0 Å². The largest absolute Gasteiger partial charge is 0.492 e. The molecule has 2 heterocycles. The van der Waals surface area contributed by atoms with Crippen LogP contribution in [0.1, 0.15) is 35.7 Å². The van der Waals surface area contributed by atoms with Crippen LogP contribution < -0.4 is 10.1 Å². The first kappa shape index (κ1) is 11.7. The summed E-state index contributed by atoms with van der Waals surface area (Å²) in [6.07, 6.45) is 2.75. The maximum Gasteiger partial charge on any atom is 0.174 e. The molecule has 1 N–H and O–H groups in total. The smallest absolute Gasteiger partial charge is 0.174 e. The van der Waals surface area contributed by atoms with Crippen molar-refractivity contribution < 1.29 is 9.53 Å². The summed E-state index contributed by atoms with van der Waals surface area (Å²) in [6, 6.07) is 5.96. The molecule has 2 aliphatic heterocycles. The van der Waals surface area contributed by atoms with Crippen molar-refractivity contribution in [1.82, 2.24) is 5.32 Å². The van der Waals surface area contributed by atoms with Crippen LogP contribution in [0.2, 0.25) is 0 Å². The third kappa shape index (κ3) is 1.65. The van der Waals surface area contributed by atoms with E-state index in [0.717, 1.165) is 43.7 Å². The Bertz CT molecular complexity index is 475. The molecule has 1 atom stereocenters. The van der Waals surface area contributed by atoms with Crippen molar-refractivity contribution in [3.05, 3.63) is 29.3 Å². The van der Waals surface area contributed by atoms with Crippen LogP contribution in [0.25, 0.3) is 0 Å². The number of benzene rings is 1. The number of rotatable bonds is 3. The Morgan fingerprint density at radius 3 is 3.11 bits per heavy atom. The number of hydrogen-bond donors (Lipinski definition) is 1. The van der Waals surface area contributed by atoms with Crippen molar-refractivity contribution in [3.63, 3.8) is 0 Å². The van der Waals surface area contributed by atoms with Gasteiger partial charge in [-0.3, -0.25) is 4.79 Å². The topological polar surface area (TPSA) is 38.3 Å². The summed E-state index contributed by atoms with van der Waals surface area (Å²) in [5.41, 5.74) is 1.75. The fraction of sp³-hybridized carbons (Fsp3) is 0.533. The monoisotopic (exact) mass is 245 g/mol. The van der Waals surface area contributed by atoms with Crippen molar-refractivity contribution in [3.8, 4) is 5.75 Å². The molecule has 0 aliphatic carbocycles. The molecule has 0 radical (unpaired) electrons. The normalized spacial score (nSPS) is 25.8. The van der Waals surface area contributed by atoms with Crippen LogP contribution in [0.4, 0.5) is 0 Å². The van der Waals surface area contributed by atoms with Gasteiger partial charge in [0.1, 0.15) is 5.75 Å². The van der Waals surface area contributed by atoms with Crippen molar-refractivity contribution >= 4 is 5.78 Å². The van der Waals surface area contributed by atoms with Crippen molar-refractivity contribution in [1.29, 1.82) is 0 Å². The van der Waals surface area contributed by atoms with Crippen LogP contribution >= 0.6 is 0 Å². The van der Waals surface area contributed by atoms with Gasteiger partial charge < -0.3 is 10.1 Å². The molecular formula is C15H19NO2. The number of hydrogen-bond acceptors (Lipinski definition) is 3. The Morgan fingerprint density at radius 2 is 2.39 bits per heavy atom. The molecule has 0 saturated carbocycles. The molecular weight excluding hydrogens is 226 g/mol. The van der Waals surface area contributed by atoms with Gasteiger partial charge in [-0.2, -0.15) is 0 Å². The van der Waals surface area contributed by atoms with E-state index in [9.17, 15) is 4.79 Å². The SMILES string of the molecule is CCC1(C(=O)c2cccc3c2OCC3)CCNC1. The Hall–Kier alpha value is -1.35. The number of carbonyl (C=O) groups excluding carboxylic acids is 1. The van der Waals surface area contributed by atoms with Crippen LogP contribution in [0, 0.1) is 5.41 Å². The third-order valence-corrected chi connectivity index (χ3v) is 4.36. The number of fused-ring (bicyclic) bond motifs is 1. The van der Waals surface area contributed by atoms with Gasteiger partial charge >= 0.3 is 0 Å². The van der Waals surface area contributed by atoms with Crippen molar-refractivity contribution in [2.75, 3.05) is 19.7 Å². The highest BCUT2D eigenvalue weighted by Crippen LogP contribution is 2.38. The van der Waals surface area contributed by atoms with Crippen LogP contribution in [-0.4, -0.2) is 25.5 Å². The standard InChI is InChI=1S/C15H19NO2/c1-2-15(7-8-16-10-15)14(17)12-5-3-4-11-6-9-18-13(11)12/h3-5,16H,2,6-10H2,1H3. The molecule has 0 spiro atoms. The minimum absolute atomic E-state index is 0.221. The van der Waals surface area contributed by atoms with E-state index in [0.29, 0.717) is 6.61 Å². The summed E-state index contributed by atoms with van der Waals surface area (Å²) in [6.45, 7) is 4.55. The lowest BCUT2D eigenvalue weighted by molar-refractivity contribution is 0.0807. The highest BCUT2D eigenvalue weighted by molar-refractivity contribution is 6.03. The summed E-state index contributed by atoms with van der Waals surface area (Å²) in [5.74, 6) is 1.09. The molecule has 18 heavy (non-hydrogen) atoms. The number of nitrogens with one attached hydrogen (secondary N) is 1. The van der Waals surface area contributed by atoms with Gasteiger partial charge in [0, 0.05) is 18.4 Å². The van der Waals surface area contributed by atoms with E-state index in [-0.39, 0.29) is 11.2 Å². The zero-order valence-corrected chi connectivity index (χ0v) is 10.8. The molecule has 0 aromatic heterocycles. The van der Waals surface area contributed by atoms with Gasteiger partial charge in [-0.1, -0.05) is 19.1 Å². The minimum Gasteiger partial charge on any atom is -0.492 e. The van der Waals surface area contributed by atoms with Crippen molar-refractivity contribution in [2.45, 2.75) is 26.2 Å². The average molecular weight is 245 g/mol. The molecule has 3 rings (SSSR count). The van der Waals surface area contributed by atoms with E-state index in [1.165, 1.54) is 5.56 Å². The number of para-hydroxylation sites is 1. The van der Waals surface area contributed by atoms with Crippen LogP contribution in [0.5, 0.6) is 5.75 Å². The zero-order valence-electron chi connectivity index (χ0n) is 10.8. The summed E-state index contributed by atoms with van der Waals surface area (Å²) in [4.78, 5) is 12.8. The quantitative estimate of drug-likeness (QED) is 0.830. The predicted molar refractivity (Wildman–Crippen MR) is 70.2 cm³/mol. The second-order valence-electron chi connectivity index (χ2n) is 5.28. The Morgan fingerprint density at radius 1 is 1.50 bits per heavy atom. The van der Waals surface area contributed by atoms with Crippen LogP contribution in [0.15, 0.2) is 18.2 Å². The summed E-state index contributed by atoms with van der Waals surface area (Å²) in [7, 11) is 0. The molecule has 96 valence electrons.